The number of benzene rings is 1. The van der Waals surface area contributed by atoms with Crippen molar-refractivity contribution in [2.45, 2.75) is 6.42 Å². The number of hydrogen-bond donors (Lipinski definition) is 0. The summed E-state index contributed by atoms with van der Waals surface area (Å²) in [6, 6.07) is 5.91. The second-order valence-electron chi connectivity index (χ2n) is 3.84. The molecule has 0 spiro atoms. The zero-order chi connectivity index (χ0) is 13.8. The molecule has 0 aliphatic carbocycles. The second-order valence-corrected chi connectivity index (χ2v) is 3.84. The first-order chi connectivity index (χ1) is 9.08. The van der Waals surface area contributed by atoms with Gasteiger partial charge in [-0.05, 0) is 23.8 Å². The van der Waals surface area contributed by atoms with E-state index in [9.17, 15) is 13.6 Å². The van der Waals surface area contributed by atoms with Crippen LogP contribution in [0, 0.1) is 11.6 Å². The molecule has 1 aromatic heterocycles. The quantitative estimate of drug-likeness (QED) is 0.794. The summed E-state index contributed by atoms with van der Waals surface area (Å²) in [5.41, 5.74) is 0.366. The van der Waals surface area contributed by atoms with E-state index in [-0.39, 0.29) is 29.3 Å². The molecule has 0 bridgehead atoms. The van der Waals surface area contributed by atoms with Crippen molar-refractivity contribution < 1.29 is 18.3 Å². The van der Waals surface area contributed by atoms with Gasteiger partial charge in [-0.25, -0.2) is 8.78 Å². The van der Waals surface area contributed by atoms with Gasteiger partial charge in [0.2, 0.25) is 5.88 Å². The number of aromatic nitrogens is 2. The molecule has 0 saturated heterocycles. The highest BCUT2D eigenvalue weighted by Crippen LogP contribution is 2.11. The minimum atomic E-state index is -0.719. The Morgan fingerprint density at radius 3 is 2.37 bits per heavy atom. The molecule has 0 unspecified atom stereocenters. The molecule has 2 rings (SSSR count). The van der Waals surface area contributed by atoms with E-state index in [1.165, 1.54) is 19.2 Å². The number of Topliss-reactive ketones (excluding diaryl/α,β-unsaturated/α-hetero) is 1. The molecule has 0 N–H and O–H groups in total. The zero-order valence-electron chi connectivity index (χ0n) is 10.1. The van der Waals surface area contributed by atoms with Crippen LogP contribution >= 0.6 is 0 Å². The van der Waals surface area contributed by atoms with E-state index in [1.54, 1.807) is 0 Å². The Morgan fingerprint density at radius 2 is 1.84 bits per heavy atom. The topological polar surface area (TPSA) is 52.1 Å². The van der Waals surface area contributed by atoms with Crippen LogP contribution in [0.5, 0.6) is 5.88 Å². The smallest absolute Gasteiger partial charge is 0.233 e. The van der Waals surface area contributed by atoms with Gasteiger partial charge in [0, 0.05) is 18.6 Å². The maximum atomic E-state index is 13.0. The molecule has 0 saturated carbocycles. The Labute approximate surface area is 108 Å². The third kappa shape index (κ3) is 3.31. The molecule has 0 aliphatic heterocycles. The SMILES string of the molecule is COc1ccc(C(=O)Cc2cc(F)cc(F)c2)nn1. The van der Waals surface area contributed by atoms with Crippen molar-refractivity contribution in [1.82, 2.24) is 10.2 Å². The van der Waals surface area contributed by atoms with Crippen LogP contribution in [-0.4, -0.2) is 23.1 Å². The highest BCUT2D eigenvalue weighted by molar-refractivity contribution is 5.95. The third-order valence-electron chi connectivity index (χ3n) is 2.42. The van der Waals surface area contributed by atoms with Gasteiger partial charge in [-0.2, -0.15) is 0 Å². The maximum absolute atomic E-state index is 13.0. The van der Waals surface area contributed by atoms with E-state index in [0.717, 1.165) is 18.2 Å². The summed E-state index contributed by atoms with van der Waals surface area (Å²) in [6.07, 6.45) is -0.143. The van der Waals surface area contributed by atoms with E-state index in [4.69, 9.17) is 4.74 Å². The van der Waals surface area contributed by atoms with Crippen molar-refractivity contribution in [3.8, 4) is 5.88 Å². The van der Waals surface area contributed by atoms with E-state index in [1.807, 2.05) is 0 Å². The Bertz CT molecular complexity index is 580. The number of halogens is 2. The van der Waals surface area contributed by atoms with Crippen molar-refractivity contribution in [1.29, 1.82) is 0 Å². The predicted octanol–water partition coefficient (Wildman–Crippen LogP) is 2.19. The fraction of sp³-hybridized carbons (Fsp3) is 0.154. The predicted molar refractivity (Wildman–Crippen MR) is 63.0 cm³/mol. The standard InChI is InChI=1S/C13H10F2N2O2/c1-19-13-3-2-11(16-17-13)12(18)6-8-4-9(14)7-10(15)5-8/h2-5,7H,6H2,1H3. The monoisotopic (exact) mass is 264 g/mol. The fourth-order valence-electron chi connectivity index (χ4n) is 1.57. The number of carbonyl (C=O) groups excluding carboxylic acids is 1. The Hall–Kier alpha value is -2.37. The minimum Gasteiger partial charge on any atom is -0.480 e. The van der Waals surface area contributed by atoms with Crippen molar-refractivity contribution in [2.75, 3.05) is 7.11 Å². The van der Waals surface area contributed by atoms with Gasteiger partial charge in [0.15, 0.2) is 5.78 Å². The molecule has 2 aromatic rings. The van der Waals surface area contributed by atoms with E-state index < -0.39 is 11.6 Å². The fourth-order valence-corrected chi connectivity index (χ4v) is 1.57. The normalized spacial score (nSPS) is 10.3. The average Bonchev–Trinajstić information content (AvgIpc) is 2.37. The highest BCUT2D eigenvalue weighted by atomic mass is 19.1. The molecular weight excluding hydrogens is 254 g/mol. The van der Waals surface area contributed by atoms with Gasteiger partial charge in [0.1, 0.15) is 17.3 Å². The van der Waals surface area contributed by atoms with Crippen LogP contribution in [0.3, 0.4) is 0 Å². The van der Waals surface area contributed by atoms with Crippen LogP contribution in [0.2, 0.25) is 0 Å². The van der Waals surface area contributed by atoms with Crippen LogP contribution in [0.25, 0.3) is 0 Å². The summed E-state index contributed by atoms with van der Waals surface area (Å²) in [6.45, 7) is 0. The number of methoxy groups -OCH3 is 1. The van der Waals surface area contributed by atoms with Crippen LogP contribution in [0.1, 0.15) is 16.1 Å². The van der Waals surface area contributed by atoms with Crippen LogP contribution < -0.4 is 4.74 Å². The minimum absolute atomic E-state index is 0.116. The first kappa shape index (κ1) is 13.1. The molecule has 0 amide bonds. The van der Waals surface area contributed by atoms with Crippen LogP contribution in [-0.2, 0) is 6.42 Å². The number of nitrogens with zero attached hydrogens (tertiary/aromatic N) is 2. The molecule has 19 heavy (non-hydrogen) atoms. The lowest BCUT2D eigenvalue weighted by molar-refractivity contribution is 0.0987. The second kappa shape index (κ2) is 5.51. The van der Waals surface area contributed by atoms with E-state index in [2.05, 4.69) is 10.2 Å². The van der Waals surface area contributed by atoms with Crippen molar-refractivity contribution in [3.05, 3.63) is 53.2 Å². The van der Waals surface area contributed by atoms with Crippen LogP contribution in [0.4, 0.5) is 8.78 Å². The lowest BCUT2D eigenvalue weighted by atomic mass is 10.1. The van der Waals surface area contributed by atoms with Gasteiger partial charge < -0.3 is 4.74 Å². The van der Waals surface area contributed by atoms with Gasteiger partial charge in [-0.1, -0.05) is 0 Å². The third-order valence-corrected chi connectivity index (χ3v) is 2.42. The Balaban J connectivity index is 2.15. The first-order valence-corrected chi connectivity index (χ1v) is 5.44. The summed E-state index contributed by atoms with van der Waals surface area (Å²) in [7, 11) is 1.43. The summed E-state index contributed by atoms with van der Waals surface area (Å²) in [4.78, 5) is 11.8. The highest BCUT2D eigenvalue weighted by Gasteiger charge is 2.11. The summed E-state index contributed by atoms with van der Waals surface area (Å²) >= 11 is 0. The molecule has 0 radical (unpaired) electrons. The van der Waals surface area contributed by atoms with Gasteiger partial charge in [-0.3, -0.25) is 4.79 Å². The Kier molecular flexibility index (Phi) is 3.79. The Morgan fingerprint density at radius 1 is 1.16 bits per heavy atom. The van der Waals surface area contributed by atoms with Crippen molar-refractivity contribution in [2.24, 2.45) is 0 Å². The van der Waals surface area contributed by atoms with Gasteiger partial charge >= 0.3 is 0 Å². The molecule has 1 heterocycles. The maximum Gasteiger partial charge on any atom is 0.233 e. The molecule has 4 nitrogen and oxygen atoms in total. The van der Waals surface area contributed by atoms with Crippen molar-refractivity contribution in [3.63, 3.8) is 0 Å². The molecule has 6 heteroatoms. The van der Waals surface area contributed by atoms with E-state index in [0.29, 0.717) is 0 Å². The number of carbonyl (C=O) groups is 1. The first-order valence-electron chi connectivity index (χ1n) is 5.44. The number of ketones is 1. The molecule has 0 atom stereocenters. The van der Waals surface area contributed by atoms with Gasteiger partial charge in [0.05, 0.1) is 7.11 Å². The lowest BCUT2D eigenvalue weighted by Crippen LogP contribution is -2.08. The molecule has 0 aliphatic rings. The van der Waals surface area contributed by atoms with Gasteiger partial charge in [0.25, 0.3) is 0 Å². The molecule has 98 valence electrons. The number of rotatable bonds is 4. The summed E-state index contributed by atoms with van der Waals surface area (Å²) in [5, 5.41) is 7.33. The largest absolute Gasteiger partial charge is 0.480 e. The van der Waals surface area contributed by atoms with E-state index >= 15 is 0 Å². The summed E-state index contributed by atoms with van der Waals surface area (Å²) in [5.74, 6) is -1.53. The summed E-state index contributed by atoms with van der Waals surface area (Å²) < 4.78 is 30.8. The average molecular weight is 264 g/mol. The van der Waals surface area contributed by atoms with Crippen LogP contribution in [0.15, 0.2) is 30.3 Å². The zero-order valence-corrected chi connectivity index (χ0v) is 10.1. The molecule has 1 aromatic carbocycles. The molecule has 0 fully saturated rings. The lowest BCUT2D eigenvalue weighted by Gasteiger charge is -2.02. The molecular formula is C13H10F2N2O2. The number of hydrogen-bond acceptors (Lipinski definition) is 4. The van der Waals surface area contributed by atoms with Crippen molar-refractivity contribution >= 4 is 5.78 Å². The van der Waals surface area contributed by atoms with Gasteiger partial charge in [-0.15, -0.1) is 10.2 Å². The number of ether oxygens (including phenoxy) is 1.